The third kappa shape index (κ3) is 4.60. The molecule has 0 aromatic heterocycles. The van der Waals surface area contributed by atoms with Gasteiger partial charge in [0.15, 0.2) is 0 Å². The number of nitro benzene ring substituents is 1. The van der Waals surface area contributed by atoms with E-state index in [0.29, 0.717) is 21.8 Å². The van der Waals surface area contributed by atoms with E-state index < -0.39 is 26.9 Å². The first-order valence-electron chi connectivity index (χ1n) is 8.24. The molecule has 0 fully saturated rings. The number of anilines is 2. The van der Waals surface area contributed by atoms with Crippen LogP contribution in [0.2, 0.25) is 5.02 Å². The normalized spacial score (nSPS) is 12.3. The molecule has 150 valence electrons. The van der Waals surface area contributed by atoms with E-state index in [9.17, 15) is 23.3 Å². The number of hydrogen-bond donors (Lipinski definition) is 1. The van der Waals surface area contributed by atoms with Crippen molar-refractivity contribution in [3.05, 3.63) is 62.7 Å². The minimum absolute atomic E-state index is 0.0715. The Kier molecular flexibility index (Phi) is 6.30. The summed E-state index contributed by atoms with van der Waals surface area (Å²) in [5, 5.41) is 14.2. The molecule has 1 atom stereocenters. The number of halogens is 1. The molecule has 2 aromatic rings. The molecule has 8 nitrogen and oxygen atoms in total. The van der Waals surface area contributed by atoms with Gasteiger partial charge in [-0.25, -0.2) is 8.42 Å². The van der Waals surface area contributed by atoms with Crippen LogP contribution in [-0.4, -0.2) is 31.5 Å². The van der Waals surface area contributed by atoms with Crippen molar-refractivity contribution in [3.8, 4) is 0 Å². The molecule has 0 saturated carbocycles. The number of aryl methyl sites for hydroxylation is 1. The molecule has 0 spiro atoms. The van der Waals surface area contributed by atoms with Crippen molar-refractivity contribution in [2.45, 2.75) is 26.8 Å². The largest absolute Gasteiger partial charge is 0.324 e. The molecule has 2 rings (SSSR count). The summed E-state index contributed by atoms with van der Waals surface area (Å²) in [6.45, 7) is 4.75. The highest BCUT2D eigenvalue weighted by Gasteiger charge is 2.31. The molecule has 0 bridgehead atoms. The fourth-order valence-electron chi connectivity index (χ4n) is 2.71. The molecule has 2 aromatic carbocycles. The van der Waals surface area contributed by atoms with Crippen molar-refractivity contribution in [2.75, 3.05) is 15.9 Å². The summed E-state index contributed by atoms with van der Waals surface area (Å²) >= 11 is 6.05. The second-order valence-electron chi connectivity index (χ2n) is 6.36. The minimum atomic E-state index is -3.91. The van der Waals surface area contributed by atoms with Gasteiger partial charge in [0.25, 0.3) is 5.69 Å². The van der Waals surface area contributed by atoms with Gasteiger partial charge in [0.1, 0.15) is 6.04 Å². The van der Waals surface area contributed by atoms with E-state index in [1.807, 2.05) is 0 Å². The number of non-ortho nitro benzene ring substituents is 1. The first-order chi connectivity index (χ1) is 12.9. The molecule has 0 heterocycles. The number of carbonyl (C=O) groups is 1. The molecule has 1 N–H and O–H groups in total. The van der Waals surface area contributed by atoms with E-state index in [4.69, 9.17) is 11.6 Å². The molecule has 10 heteroatoms. The number of nitro groups is 1. The number of benzene rings is 2. The van der Waals surface area contributed by atoms with Gasteiger partial charge in [0.05, 0.1) is 16.9 Å². The Hall–Kier alpha value is -2.65. The first kappa shape index (κ1) is 21.6. The molecule has 1 amide bonds. The second-order valence-corrected chi connectivity index (χ2v) is 8.63. The topological polar surface area (TPSA) is 110 Å². The lowest BCUT2D eigenvalue weighted by Gasteiger charge is -2.29. The van der Waals surface area contributed by atoms with Gasteiger partial charge in [-0.3, -0.25) is 19.2 Å². The van der Waals surface area contributed by atoms with Crippen LogP contribution >= 0.6 is 11.6 Å². The number of amides is 1. The minimum Gasteiger partial charge on any atom is -0.324 e. The SMILES string of the molecule is Cc1ccc([N+](=O)[O-])cc1N(C(C)C(=O)Nc1cccc(Cl)c1C)S(C)(=O)=O. The van der Waals surface area contributed by atoms with E-state index in [-0.39, 0.29) is 11.4 Å². The van der Waals surface area contributed by atoms with E-state index in [1.54, 1.807) is 32.0 Å². The Morgan fingerprint density at radius 2 is 1.89 bits per heavy atom. The lowest BCUT2D eigenvalue weighted by atomic mass is 10.1. The van der Waals surface area contributed by atoms with Crippen LogP contribution in [-0.2, 0) is 14.8 Å². The van der Waals surface area contributed by atoms with E-state index >= 15 is 0 Å². The second kappa shape index (κ2) is 8.15. The lowest BCUT2D eigenvalue weighted by Crippen LogP contribution is -2.45. The molecular weight excluding hydrogens is 406 g/mol. The summed E-state index contributed by atoms with van der Waals surface area (Å²) in [5.74, 6) is -0.596. The quantitative estimate of drug-likeness (QED) is 0.561. The van der Waals surface area contributed by atoms with Crippen LogP contribution in [0.1, 0.15) is 18.1 Å². The van der Waals surface area contributed by atoms with Crippen LogP contribution in [0.15, 0.2) is 36.4 Å². The van der Waals surface area contributed by atoms with Gasteiger partial charge >= 0.3 is 0 Å². The van der Waals surface area contributed by atoms with Gasteiger partial charge in [-0.15, -0.1) is 0 Å². The zero-order chi connectivity index (χ0) is 21.2. The summed E-state index contributed by atoms with van der Waals surface area (Å²) < 4.78 is 25.8. The van der Waals surface area contributed by atoms with Gasteiger partial charge in [0, 0.05) is 22.8 Å². The van der Waals surface area contributed by atoms with Crippen LogP contribution in [0.5, 0.6) is 0 Å². The maximum atomic E-state index is 12.8. The van der Waals surface area contributed by atoms with Gasteiger partial charge in [-0.05, 0) is 44.0 Å². The van der Waals surface area contributed by atoms with Crippen LogP contribution in [0, 0.1) is 24.0 Å². The van der Waals surface area contributed by atoms with Crippen molar-refractivity contribution in [3.63, 3.8) is 0 Å². The smallest absolute Gasteiger partial charge is 0.271 e. The van der Waals surface area contributed by atoms with E-state index in [1.165, 1.54) is 19.1 Å². The number of carbonyl (C=O) groups excluding carboxylic acids is 1. The number of sulfonamides is 1. The van der Waals surface area contributed by atoms with Crippen molar-refractivity contribution in [1.82, 2.24) is 0 Å². The number of nitrogens with zero attached hydrogens (tertiary/aromatic N) is 2. The maximum absolute atomic E-state index is 12.8. The average molecular weight is 426 g/mol. The maximum Gasteiger partial charge on any atom is 0.271 e. The molecule has 1 unspecified atom stereocenters. The van der Waals surface area contributed by atoms with Crippen LogP contribution in [0.25, 0.3) is 0 Å². The molecular formula is C18H20ClN3O5S. The summed E-state index contributed by atoms with van der Waals surface area (Å²) in [6, 6.07) is 7.69. The monoisotopic (exact) mass is 425 g/mol. The Morgan fingerprint density at radius 1 is 1.25 bits per heavy atom. The molecule has 28 heavy (non-hydrogen) atoms. The summed E-state index contributed by atoms with van der Waals surface area (Å²) in [4.78, 5) is 23.2. The number of rotatable bonds is 6. The van der Waals surface area contributed by atoms with Gasteiger partial charge in [0.2, 0.25) is 15.9 Å². The highest BCUT2D eigenvalue weighted by molar-refractivity contribution is 7.92. The highest BCUT2D eigenvalue weighted by atomic mass is 35.5. The molecule has 0 aliphatic carbocycles. The lowest BCUT2D eigenvalue weighted by molar-refractivity contribution is -0.384. The molecule has 0 radical (unpaired) electrons. The van der Waals surface area contributed by atoms with Crippen molar-refractivity contribution in [1.29, 1.82) is 0 Å². The first-order valence-corrected chi connectivity index (χ1v) is 10.5. The van der Waals surface area contributed by atoms with Gasteiger partial charge in [-0.1, -0.05) is 23.7 Å². The summed E-state index contributed by atoms with van der Waals surface area (Å²) in [7, 11) is -3.91. The standard InChI is InChI=1S/C18H20ClN3O5S/c1-11-8-9-14(22(24)25)10-17(11)21(28(4,26)27)13(3)18(23)20-16-7-5-6-15(19)12(16)2/h5-10,13H,1-4H3,(H,20,23). The Labute approximate surface area is 168 Å². The van der Waals surface area contributed by atoms with E-state index in [2.05, 4.69) is 5.32 Å². The van der Waals surface area contributed by atoms with Crippen LogP contribution in [0.3, 0.4) is 0 Å². The van der Waals surface area contributed by atoms with Gasteiger partial charge < -0.3 is 5.32 Å². The van der Waals surface area contributed by atoms with Crippen LogP contribution < -0.4 is 9.62 Å². The predicted octanol–water partition coefficient (Wildman–Crippen LogP) is 3.66. The fourth-order valence-corrected chi connectivity index (χ4v) is 4.11. The Balaban J connectivity index is 2.46. The van der Waals surface area contributed by atoms with Gasteiger partial charge in [-0.2, -0.15) is 0 Å². The zero-order valence-electron chi connectivity index (χ0n) is 15.8. The molecule has 0 aliphatic heterocycles. The Bertz CT molecular complexity index is 1040. The fraction of sp³-hybridized carbons (Fsp3) is 0.278. The van der Waals surface area contributed by atoms with Crippen molar-refractivity contribution >= 4 is 44.6 Å². The van der Waals surface area contributed by atoms with Crippen molar-refractivity contribution in [2.24, 2.45) is 0 Å². The Morgan fingerprint density at radius 3 is 2.46 bits per heavy atom. The summed E-state index contributed by atoms with van der Waals surface area (Å²) in [5.41, 5.74) is 1.38. The predicted molar refractivity (Wildman–Crippen MR) is 109 cm³/mol. The third-order valence-electron chi connectivity index (χ3n) is 4.26. The highest BCUT2D eigenvalue weighted by Crippen LogP contribution is 2.30. The zero-order valence-corrected chi connectivity index (χ0v) is 17.3. The van der Waals surface area contributed by atoms with Crippen LogP contribution in [0.4, 0.5) is 17.1 Å². The van der Waals surface area contributed by atoms with Crippen molar-refractivity contribution < 1.29 is 18.1 Å². The third-order valence-corrected chi connectivity index (χ3v) is 5.89. The molecule has 0 aliphatic rings. The number of nitrogens with one attached hydrogen (secondary N) is 1. The number of hydrogen-bond acceptors (Lipinski definition) is 5. The van der Waals surface area contributed by atoms with E-state index in [0.717, 1.165) is 16.6 Å². The summed E-state index contributed by atoms with van der Waals surface area (Å²) in [6.07, 6.45) is 0.944. The average Bonchev–Trinajstić information content (AvgIpc) is 2.59. The molecule has 0 saturated heterocycles.